The number of rotatable bonds is 8. The molecule has 2 heterocycles. The molecule has 0 aliphatic carbocycles. The number of para-hydroxylation sites is 2. The molecule has 0 unspecified atom stereocenters. The zero-order valence-electron chi connectivity index (χ0n) is 15.8. The number of imidazole rings is 1. The molecule has 0 bridgehead atoms. The molecule has 0 fully saturated rings. The molecule has 1 amide bonds. The Bertz CT molecular complexity index is 1160. The zero-order chi connectivity index (χ0) is 20.1. The molecule has 4 aromatic rings. The summed E-state index contributed by atoms with van der Waals surface area (Å²) < 4.78 is 6.81. The summed E-state index contributed by atoms with van der Waals surface area (Å²) in [6.07, 6.45) is 1.28. The highest BCUT2D eigenvalue weighted by Crippen LogP contribution is 2.09. The van der Waals surface area contributed by atoms with Gasteiger partial charge in [0.2, 0.25) is 11.8 Å². The van der Waals surface area contributed by atoms with Crippen molar-refractivity contribution in [3.63, 3.8) is 0 Å². The van der Waals surface area contributed by atoms with Crippen LogP contribution >= 0.6 is 0 Å². The van der Waals surface area contributed by atoms with Crippen molar-refractivity contribution in [2.45, 2.75) is 25.8 Å². The van der Waals surface area contributed by atoms with Crippen molar-refractivity contribution < 1.29 is 9.32 Å². The van der Waals surface area contributed by atoms with Crippen molar-refractivity contribution in [2.24, 2.45) is 0 Å². The molecule has 0 spiro atoms. The van der Waals surface area contributed by atoms with E-state index in [1.165, 1.54) is 0 Å². The Morgan fingerprint density at radius 2 is 1.90 bits per heavy atom. The quantitative estimate of drug-likeness (QED) is 0.478. The van der Waals surface area contributed by atoms with Gasteiger partial charge in [0, 0.05) is 32.4 Å². The molecule has 8 heteroatoms. The minimum atomic E-state index is -0.212. The Morgan fingerprint density at radius 3 is 2.76 bits per heavy atom. The Morgan fingerprint density at radius 1 is 1.10 bits per heavy atom. The summed E-state index contributed by atoms with van der Waals surface area (Å²) in [7, 11) is 0. The minimum absolute atomic E-state index is 0.133. The molecule has 2 N–H and O–H groups in total. The molecular formula is C21H21N5O3. The van der Waals surface area contributed by atoms with E-state index < -0.39 is 0 Å². The predicted molar refractivity (Wildman–Crippen MR) is 107 cm³/mol. The van der Waals surface area contributed by atoms with Crippen molar-refractivity contribution in [2.75, 3.05) is 6.54 Å². The van der Waals surface area contributed by atoms with Crippen LogP contribution in [0.3, 0.4) is 0 Å². The third kappa shape index (κ3) is 4.60. The summed E-state index contributed by atoms with van der Waals surface area (Å²) in [6.45, 7) is 0.713. The first-order chi connectivity index (χ1) is 14.2. The van der Waals surface area contributed by atoms with E-state index in [0.717, 1.165) is 16.6 Å². The number of hydrogen-bond acceptors (Lipinski definition) is 5. The maximum absolute atomic E-state index is 12.1. The van der Waals surface area contributed by atoms with Gasteiger partial charge in [-0.3, -0.25) is 9.36 Å². The Balaban J connectivity index is 1.24. The van der Waals surface area contributed by atoms with E-state index in [2.05, 4.69) is 20.4 Å². The van der Waals surface area contributed by atoms with Gasteiger partial charge in [-0.05, 0) is 17.7 Å². The smallest absolute Gasteiger partial charge is 0.326 e. The van der Waals surface area contributed by atoms with Crippen molar-refractivity contribution in [1.82, 2.24) is 25.0 Å². The van der Waals surface area contributed by atoms with E-state index in [9.17, 15) is 9.59 Å². The molecule has 0 saturated heterocycles. The maximum Gasteiger partial charge on any atom is 0.326 e. The van der Waals surface area contributed by atoms with E-state index >= 15 is 0 Å². The van der Waals surface area contributed by atoms with Crippen LogP contribution < -0.4 is 11.0 Å². The standard InChI is InChI=1S/C21H21N5O3/c27-19(11-13-26-17-9-5-4-8-16(17)23-21(26)28)22-12-10-20-24-18(25-29-20)14-15-6-2-1-3-7-15/h1-9H,10-14H2,(H,22,27)(H,23,28). The fourth-order valence-corrected chi connectivity index (χ4v) is 3.18. The van der Waals surface area contributed by atoms with Crippen LogP contribution in [-0.2, 0) is 24.2 Å². The van der Waals surface area contributed by atoms with Crippen LogP contribution in [0, 0.1) is 0 Å². The second-order valence-corrected chi connectivity index (χ2v) is 6.72. The number of amides is 1. The number of nitrogens with one attached hydrogen (secondary N) is 2. The highest BCUT2D eigenvalue weighted by atomic mass is 16.5. The third-order valence-electron chi connectivity index (χ3n) is 4.62. The van der Waals surface area contributed by atoms with Gasteiger partial charge in [0.25, 0.3) is 0 Å². The van der Waals surface area contributed by atoms with Crippen molar-refractivity contribution in [3.05, 3.63) is 82.4 Å². The third-order valence-corrected chi connectivity index (χ3v) is 4.62. The van der Waals surface area contributed by atoms with Crippen molar-refractivity contribution in [3.8, 4) is 0 Å². The predicted octanol–water partition coefficient (Wildman–Crippen LogP) is 2.05. The van der Waals surface area contributed by atoms with Gasteiger partial charge in [0.1, 0.15) is 0 Å². The van der Waals surface area contributed by atoms with Crippen LogP contribution in [0.15, 0.2) is 63.9 Å². The first-order valence-electron chi connectivity index (χ1n) is 9.49. The molecule has 0 aliphatic heterocycles. The van der Waals surface area contributed by atoms with E-state index in [1.807, 2.05) is 54.6 Å². The summed E-state index contributed by atoms with van der Waals surface area (Å²) in [6, 6.07) is 17.3. The number of aromatic nitrogens is 4. The van der Waals surface area contributed by atoms with Gasteiger partial charge in [-0.15, -0.1) is 0 Å². The number of H-pyrrole nitrogens is 1. The summed E-state index contributed by atoms with van der Waals surface area (Å²) in [5.74, 6) is 0.978. The molecule has 0 atom stereocenters. The van der Waals surface area contributed by atoms with Crippen LogP contribution in [0.5, 0.6) is 0 Å². The SMILES string of the molecule is O=C(CCn1c(=O)[nH]c2ccccc21)NCCc1nc(Cc2ccccc2)no1. The lowest BCUT2D eigenvalue weighted by atomic mass is 10.1. The van der Waals surface area contributed by atoms with Crippen molar-refractivity contribution >= 4 is 16.9 Å². The fourth-order valence-electron chi connectivity index (χ4n) is 3.18. The van der Waals surface area contributed by atoms with Gasteiger partial charge in [-0.25, -0.2) is 4.79 Å². The van der Waals surface area contributed by atoms with Crippen LogP contribution in [-0.4, -0.2) is 32.1 Å². The number of carbonyl (C=O) groups is 1. The number of benzene rings is 2. The Labute approximate surface area is 166 Å². The van der Waals surface area contributed by atoms with E-state index in [4.69, 9.17) is 4.52 Å². The van der Waals surface area contributed by atoms with E-state index in [0.29, 0.717) is 37.6 Å². The molecular weight excluding hydrogens is 370 g/mol. The number of fused-ring (bicyclic) bond motifs is 1. The molecule has 2 aromatic carbocycles. The average Bonchev–Trinajstić information content (AvgIpc) is 3.30. The largest absolute Gasteiger partial charge is 0.356 e. The van der Waals surface area contributed by atoms with Crippen molar-refractivity contribution in [1.29, 1.82) is 0 Å². The lowest BCUT2D eigenvalue weighted by Gasteiger charge is -2.05. The molecule has 0 radical (unpaired) electrons. The van der Waals surface area contributed by atoms with Gasteiger partial charge in [0.05, 0.1) is 11.0 Å². The van der Waals surface area contributed by atoms with Gasteiger partial charge in [-0.2, -0.15) is 4.98 Å². The molecule has 29 heavy (non-hydrogen) atoms. The Hall–Kier alpha value is -3.68. The fraction of sp³-hybridized carbons (Fsp3) is 0.238. The number of hydrogen-bond donors (Lipinski definition) is 2. The minimum Gasteiger partial charge on any atom is -0.356 e. The number of aromatic amines is 1. The normalized spacial score (nSPS) is 11.0. The molecule has 0 aliphatic rings. The van der Waals surface area contributed by atoms with E-state index in [1.54, 1.807) is 4.57 Å². The maximum atomic E-state index is 12.1. The molecule has 0 saturated carbocycles. The summed E-state index contributed by atoms with van der Waals surface area (Å²) >= 11 is 0. The second-order valence-electron chi connectivity index (χ2n) is 6.72. The average molecular weight is 391 g/mol. The lowest BCUT2D eigenvalue weighted by molar-refractivity contribution is -0.121. The monoisotopic (exact) mass is 391 g/mol. The number of aryl methyl sites for hydroxylation is 1. The van der Waals surface area contributed by atoms with Gasteiger partial charge in [-0.1, -0.05) is 47.6 Å². The van der Waals surface area contributed by atoms with Crippen LogP contribution in [0.1, 0.15) is 23.7 Å². The first kappa shape index (κ1) is 18.7. The van der Waals surface area contributed by atoms with Crippen LogP contribution in [0.4, 0.5) is 0 Å². The van der Waals surface area contributed by atoms with Crippen LogP contribution in [0.25, 0.3) is 11.0 Å². The zero-order valence-corrected chi connectivity index (χ0v) is 15.8. The highest BCUT2D eigenvalue weighted by molar-refractivity contribution is 5.77. The van der Waals surface area contributed by atoms with Gasteiger partial charge < -0.3 is 14.8 Å². The van der Waals surface area contributed by atoms with Crippen LogP contribution in [0.2, 0.25) is 0 Å². The summed E-state index contributed by atoms with van der Waals surface area (Å²) in [5, 5.41) is 6.81. The van der Waals surface area contributed by atoms with Gasteiger partial charge >= 0.3 is 5.69 Å². The topological polar surface area (TPSA) is 106 Å². The highest BCUT2D eigenvalue weighted by Gasteiger charge is 2.10. The number of carbonyl (C=O) groups excluding carboxylic acids is 1. The first-order valence-corrected chi connectivity index (χ1v) is 9.49. The summed E-state index contributed by atoms with van der Waals surface area (Å²) in [4.78, 5) is 31.3. The van der Waals surface area contributed by atoms with E-state index in [-0.39, 0.29) is 18.0 Å². The molecule has 4 rings (SSSR count). The number of nitrogens with zero attached hydrogens (tertiary/aromatic N) is 3. The lowest BCUT2D eigenvalue weighted by Crippen LogP contribution is -2.28. The molecule has 8 nitrogen and oxygen atoms in total. The molecule has 148 valence electrons. The summed E-state index contributed by atoms with van der Waals surface area (Å²) in [5.41, 5.74) is 2.46. The molecule has 2 aromatic heterocycles. The van der Waals surface area contributed by atoms with Gasteiger partial charge in [0.15, 0.2) is 5.82 Å². The Kier molecular flexibility index (Phi) is 5.51. The second kappa shape index (κ2) is 8.55.